The van der Waals surface area contributed by atoms with Crippen molar-refractivity contribution in [3.05, 3.63) is 93.7 Å². The van der Waals surface area contributed by atoms with E-state index in [-0.39, 0.29) is 16.2 Å². The van der Waals surface area contributed by atoms with E-state index in [9.17, 15) is 14.7 Å². The van der Waals surface area contributed by atoms with Crippen LogP contribution in [0.4, 0.5) is 5.69 Å². The van der Waals surface area contributed by atoms with Gasteiger partial charge >= 0.3 is 0 Å². The van der Waals surface area contributed by atoms with Gasteiger partial charge in [-0.3, -0.25) is 19.5 Å². The number of hydrogen-bond donors (Lipinski definition) is 1. The molecule has 1 aromatic heterocycles. The lowest BCUT2D eigenvalue weighted by Crippen LogP contribution is -2.29. The molecule has 6 nitrogen and oxygen atoms in total. The van der Waals surface area contributed by atoms with Gasteiger partial charge in [0.1, 0.15) is 11.5 Å². The molecular formula is C23H16Cl2N2O4. The molecule has 1 unspecified atom stereocenters. The molecule has 1 amide bonds. The highest BCUT2D eigenvalue weighted by atomic mass is 35.5. The van der Waals surface area contributed by atoms with Crippen molar-refractivity contribution in [2.45, 2.75) is 6.04 Å². The van der Waals surface area contributed by atoms with Crippen LogP contribution in [-0.2, 0) is 9.59 Å². The number of ether oxygens (including phenoxy) is 1. The van der Waals surface area contributed by atoms with E-state index in [0.29, 0.717) is 22.0 Å². The maximum Gasteiger partial charge on any atom is 0.300 e. The molecule has 3 aromatic rings. The van der Waals surface area contributed by atoms with Crippen molar-refractivity contribution in [3.63, 3.8) is 0 Å². The van der Waals surface area contributed by atoms with Crippen LogP contribution in [0.5, 0.6) is 5.75 Å². The van der Waals surface area contributed by atoms with Gasteiger partial charge in [0.15, 0.2) is 0 Å². The molecule has 1 atom stereocenters. The number of Topliss-reactive ketones (excluding diaryl/α,β-unsaturated/α-hetero) is 1. The molecule has 0 saturated carbocycles. The van der Waals surface area contributed by atoms with Gasteiger partial charge in [-0.25, -0.2) is 0 Å². The Labute approximate surface area is 188 Å². The molecule has 2 heterocycles. The first kappa shape index (κ1) is 20.9. The molecule has 0 bridgehead atoms. The molecule has 0 aliphatic carbocycles. The van der Waals surface area contributed by atoms with E-state index in [1.807, 2.05) is 0 Å². The number of ketones is 1. The summed E-state index contributed by atoms with van der Waals surface area (Å²) in [5.41, 5.74) is 1.10. The molecule has 156 valence electrons. The summed E-state index contributed by atoms with van der Waals surface area (Å²) in [5, 5.41) is 11.8. The van der Waals surface area contributed by atoms with E-state index in [4.69, 9.17) is 27.9 Å². The number of methoxy groups -OCH3 is 1. The van der Waals surface area contributed by atoms with Crippen molar-refractivity contribution in [2.75, 3.05) is 12.0 Å². The Hall–Kier alpha value is -3.35. The van der Waals surface area contributed by atoms with Crippen molar-refractivity contribution >= 4 is 46.3 Å². The summed E-state index contributed by atoms with van der Waals surface area (Å²) in [6, 6.07) is 13.7. The number of benzene rings is 2. The molecular weight excluding hydrogens is 439 g/mol. The minimum atomic E-state index is -0.905. The quantitative estimate of drug-likeness (QED) is 0.340. The standard InChI is InChI=1S/C23H16Cl2N2O4/c1-31-16-8-9-18(25)17(11-16)21(28)19-20(13-3-2-10-26-12-13)27(23(30)22(19)29)15-6-4-14(24)5-7-15/h2-12,20,28H,1H3/b21-19+. The zero-order valence-electron chi connectivity index (χ0n) is 16.3. The van der Waals surface area contributed by atoms with Crippen LogP contribution >= 0.6 is 23.2 Å². The molecule has 1 fully saturated rings. The van der Waals surface area contributed by atoms with Gasteiger partial charge < -0.3 is 9.84 Å². The number of aromatic nitrogens is 1. The topological polar surface area (TPSA) is 79.7 Å². The van der Waals surface area contributed by atoms with Crippen LogP contribution < -0.4 is 9.64 Å². The summed E-state index contributed by atoms with van der Waals surface area (Å²) in [7, 11) is 1.47. The van der Waals surface area contributed by atoms with E-state index in [0.717, 1.165) is 0 Å². The summed E-state index contributed by atoms with van der Waals surface area (Å²) in [6.45, 7) is 0. The van der Waals surface area contributed by atoms with E-state index < -0.39 is 23.5 Å². The van der Waals surface area contributed by atoms with Gasteiger partial charge in [-0.15, -0.1) is 0 Å². The van der Waals surface area contributed by atoms with E-state index >= 15 is 0 Å². The number of aliphatic hydroxyl groups excluding tert-OH is 1. The third-order valence-corrected chi connectivity index (χ3v) is 5.56. The number of amides is 1. The lowest BCUT2D eigenvalue weighted by Gasteiger charge is -2.25. The molecule has 1 saturated heterocycles. The predicted molar refractivity (Wildman–Crippen MR) is 118 cm³/mol. The number of halogens is 2. The Morgan fingerprint density at radius 2 is 1.84 bits per heavy atom. The molecule has 2 aromatic carbocycles. The lowest BCUT2D eigenvalue weighted by atomic mass is 9.96. The first-order chi connectivity index (χ1) is 14.9. The van der Waals surface area contributed by atoms with Crippen molar-refractivity contribution in [1.82, 2.24) is 4.98 Å². The second-order valence-electron chi connectivity index (χ2n) is 6.78. The first-order valence-electron chi connectivity index (χ1n) is 9.22. The zero-order chi connectivity index (χ0) is 22.1. The highest BCUT2D eigenvalue weighted by molar-refractivity contribution is 6.52. The fourth-order valence-corrected chi connectivity index (χ4v) is 3.84. The van der Waals surface area contributed by atoms with Crippen LogP contribution in [0, 0.1) is 0 Å². The number of carbonyl (C=O) groups is 2. The molecule has 1 N–H and O–H groups in total. The summed E-state index contributed by atoms with van der Waals surface area (Å²) in [5.74, 6) is -1.57. The number of carbonyl (C=O) groups excluding carboxylic acids is 2. The third-order valence-electron chi connectivity index (χ3n) is 4.98. The van der Waals surface area contributed by atoms with E-state index in [1.165, 1.54) is 18.1 Å². The zero-order valence-corrected chi connectivity index (χ0v) is 17.8. The van der Waals surface area contributed by atoms with E-state index in [2.05, 4.69) is 4.98 Å². The molecule has 31 heavy (non-hydrogen) atoms. The maximum atomic E-state index is 13.1. The van der Waals surface area contributed by atoms with Crippen LogP contribution in [0.2, 0.25) is 10.0 Å². The van der Waals surface area contributed by atoms with Gasteiger partial charge in [0.2, 0.25) is 0 Å². The van der Waals surface area contributed by atoms with Gasteiger partial charge in [0.25, 0.3) is 11.7 Å². The van der Waals surface area contributed by atoms with Crippen molar-refractivity contribution in [3.8, 4) is 5.75 Å². The smallest absolute Gasteiger partial charge is 0.300 e. The third kappa shape index (κ3) is 3.76. The number of hydrogen-bond acceptors (Lipinski definition) is 5. The number of pyridine rings is 1. The van der Waals surface area contributed by atoms with Crippen LogP contribution in [0.3, 0.4) is 0 Å². The molecule has 1 aliphatic rings. The summed E-state index contributed by atoms with van der Waals surface area (Å²) >= 11 is 12.3. The lowest BCUT2D eigenvalue weighted by molar-refractivity contribution is -0.132. The first-order valence-corrected chi connectivity index (χ1v) is 9.98. The average Bonchev–Trinajstić information content (AvgIpc) is 3.05. The molecule has 1 aliphatic heterocycles. The van der Waals surface area contributed by atoms with Crippen LogP contribution in [-0.4, -0.2) is 28.9 Å². The van der Waals surface area contributed by atoms with Crippen molar-refractivity contribution < 1.29 is 19.4 Å². The Kier molecular flexibility index (Phi) is 5.67. The van der Waals surface area contributed by atoms with Gasteiger partial charge in [-0.2, -0.15) is 0 Å². The monoisotopic (exact) mass is 454 g/mol. The van der Waals surface area contributed by atoms with Crippen molar-refractivity contribution in [1.29, 1.82) is 0 Å². The highest BCUT2D eigenvalue weighted by Gasteiger charge is 2.47. The predicted octanol–water partition coefficient (Wildman–Crippen LogP) is 5.02. The molecule has 8 heteroatoms. The fraction of sp³-hybridized carbons (Fsp3) is 0.0870. The Morgan fingerprint density at radius 1 is 1.10 bits per heavy atom. The second-order valence-corrected chi connectivity index (χ2v) is 7.62. The Balaban J connectivity index is 1.96. The van der Waals surface area contributed by atoms with E-state index in [1.54, 1.807) is 60.9 Å². The number of nitrogens with zero attached hydrogens (tertiary/aromatic N) is 2. The Morgan fingerprint density at radius 3 is 2.48 bits per heavy atom. The maximum absolute atomic E-state index is 13.1. The minimum Gasteiger partial charge on any atom is -0.507 e. The number of aliphatic hydroxyl groups is 1. The largest absolute Gasteiger partial charge is 0.507 e. The van der Waals surface area contributed by atoms with Gasteiger partial charge in [-0.05, 0) is 54.1 Å². The van der Waals surface area contributed by atoms with Gasteiger partial charge in [0, 0.05) is 28.7 Å². The van der Waals surface area contributed by atoms with Crippen molar-refractivity contribution in [2.24, 2.45) is 0 Å². The second kappa shape index (κ2) is 8.41. The molecule has 4 rings (SSSR count). The van der Waals surface area contributed by atoms with Gasteiger partial charge in [-0.1, -0.05) is 29.3 Å². The SMILES string of the molecule is COc1ccc(Cl)c(/C(O)=C2\C(=O)C(=O)N(c3ccc(Cl)cc3)C2c2cccnc2)c1. The summed E-state index contributed by atoms with van der Waals surface area (Å²) in [6.07, 6.45) is 3.12. The van der Waals surface area contributed by atoms with Crippen LogP contribution in [0.25, 0.3) is 5.76 Å². The van der Waals surface area contributed by atoms with Gasteiger partial charge in [0.05, 0.1) is 23.7 Å². The summed E-state index contributed by atoms with van der Waals surface area (Å²) < 4.78 is 5.21. The Bertz CT molecular complexity index is 1190. The number of rotatable bonds is 4. The molecule has 0 radical (unpaired) electrons. The number of anilines is 1. The minimum absolute atomic E-state index is 0.0943. The highest BCUT2D eigenvalue weighted by Crippen LogP contribution is 2.43. The van der Waals surface area contributed by atoms with Crippen LogP contribution in [0.1, 0.15) is 17.2 Å². The fourth-order valence-electron chi connectivity index (χ4n) is 3.51. The average molecular weight is 455 g/mol. The van der Waals surface area contributed by atoms with Crippen LogP contribution in [0.15, 0.2) is 72.6 Å². The molecule has 0 spiro atoms. The summed E-state index contributed by atoms with van der Waals surface area (Å²) in [4.78, 5) is 31.6. The normalized spacial score (nSPS) is 17.8.